The Balaban J connectivity index is 1.89. The first-order valence-electron chi connectivity index (χ1n) is 7.14. The van der Waals surface area contributed by atoms with Gasteiger partial charge in [-0.2, -0.15) is 24.5 Å². The zero-order valence-electron chi connectivity index (χ0n) is 12.7. The summed E-state index contributed by atoms with van der Waals surface area (Å²) in [7, 11) is 1.58. The van der Waals surface area contributed by atoms with Crippen molar-refractivity contribution in [2.75, 3.05) is 7.05 Å². The number of amides is 1. The molecule has 1 aromatic carbocycles. The van der Waals surface area contributed by atoms with E-state index in [-0.39, 0.29) is 5.52 Å². The highest BCUT2D eigenvalue weighted by Gasteiger charge is 2.38. The highest BCUT2D eigenvalue weighted by atomic mass is 32.1. The van der Waals surface area contributed by atoms with E-state index in [0.29, 0.717) is 12.1 Å². The third kappa shape index (κ3) is 3.28. The first kappa shape index (κ1) is 16.5. The maximum Gasteiger partial charge on any atom is 0.449 e. The number of carbonyl (C=O) groups excluding carboxylic acids is 1. The molecule has 2 heterocycles. The van der Waals surface area contributed by atoms with Gasteiger partial charge in [0.1, 0.15) is 6.54 Å². The van der Waals surface area contributed by atoms with Gasteiger partial charge in [-0.05, 0) is 34.5 Å². The number of aromatic nitrogens is 2. The van der Waals surface area contributed by atoms with Crippen molar-refractivity contribution in [2.24, 2.45) is 0 Å². The Bertz CT molecular complexity index is 855. The van der Waals surface area contributed by atoms with Crippen LogP contribution < -0.4 is 0 Å². The molecule has 0 atom stereocenters. The number of benzene rings is 1. The number of likely N-dealkylation sites (N-methyl/N-ethyl adjacent to an activating group) is 1. The van der Waals surface area contributed by atoms with Gasteiger partial charge in [-0.15, -0.1) is 0 Å². The fourth-order valence-corrected chi connectivity index (χ4v) is 3.11. The highest BCUT2D eigenvalue weighted by Crippen LogP contribution is 2.31. The van der Waals surface area contributed by atoms with Crippen molar-refractivity contribution in [2.45, 2.75) is 19.3 Å². The quantitative estimate of drug-likeness (QED) is 0.716. The Kier molecular flexibility index (Phi) is 4.31. The zero-order chi connectivity index (χ0) is 17.3. The molecule has 0 bridgehead atoms. The second-order valence-corrected chi connectivity index (χ2v) is 6.17. The lowest BCUT2D eigenvalue weighted by Gasteiger charge is -2.18. The second-order valence-electron chi connectivity index (χ2n) is 5.39. The van der Waals surface area contributed by atoms with Crippen molar-refractivity contribution in [3.63, 3.8) is 0 Å². The molecule has 3 aromatic rings. The lowest BCUT2D eigenvalue weighted by Crippen LogP contribution is -2.31. The molecule has 8 heteroatoms. The van der Waals surface area contributed by atoms with Crippen LogP contribution in [-0.4, -0.2) is 27.4 Å². The molecule has 0 aliphatic rings. The van der Waals surface area contributed by atoms with Crippen molar-refractivity contribution < 1.29 is 18.0 Å². The summed E-state index contributed by atoms with van der Waals surface area (Å²) in [6, 6.07) is 8.15. The molecule has 0 aliphatic heterocycles. The molecule has 0 N–H and O–H groups in total. The third-order valence-corrected chi connectivity index (χ3v) is 4.36. The molecule has 0 aliphatic carbocycles. The minimum atomic E-state index is -4.62. The predicted octanol–water partition coefficient (Wildman–Crippen LogP) is 3.78. The van der Waals surface area contributed by atoms with Gasteiger partial charge in [-0.1, -0.05) is 12.1 Å². The van der Waals surface area contributed by atoms with Crippen LogP contribution in [0.1, 0.15) is 11.4 Å². The summed E-state index contributed by atoms with van der Waals surface area (Å²) in [6.07, 6.45) is -4.62. The molecule has 2 aromatic heterocycles. The number of hydrogen-bond donors (Lipinski definition) is 0. The van der Waals surface area contributed by atoms with Crippen LogP contribution in [0.15, 0.2) is 41.1 Å². The van der Waals surface area contributed by atoms with E-state index in [4.69, 9.17) is 0 Å². The number of alkyl halides is 3. The molecule has 126 valence electrons. The van der Waals surface area contributed by atoms with E-state index < -0.39 is 24.5 Å². The minimum Gasteiger partial charge on any atom is -0.340 e. The first-order valence-corrected chi connectivity index (χ1v) is 8.08. The Morgan fingerprint density at radius 1 is 1.29 bits per heavy atom. The largest absolute Gasteiger partial charge is 0.449 e. The summed E-state index contributed by atoms with van der Waals surface area (Å²) >= 11 is 1.50. The standard InChI is InChI=1S/C16H14F3N3OS/c1-21(8-11-6-7-24-10-11)14(23)9-22-13-5-3-2-4-12(13)20-15(22)16(17,18)19/h2-7,10H,8-9H2,1H3. The molecular formula is C16H14F3N3OS. The molecule has 0 unspecified atom stereocenters. The van der Waals surface area contributed by atoms with Gasteiger partial charge in [0.05, 0.1) is 11.0 Å². The molecule has 0 fully saturated rings. The molecular weight excluding hydrogens is 339 g/mol. The van der Waals surface area contributed by atoms with E-state index in [0.717, 1.165) is 10.1 Å². The molecule has 24 heavy (non-hydrogen) atoms. The first-order chi connectivity index (χ1) is 11.4. The normalized spacial score (nSPS) is 11.8. The van der Waals surface area contributed by atoms with Crippen LogP contribution in [0.25, 0.3) is 11.0 Å². The van der Waals surface area contributed by atoms with Crippen molar-refractivity contribution in [3.05, 3.63) is 52.5 Å². The van der Waals surface area contributed by atoms with E-state index in [1.54, 1.807) is 19.2 Å². The van der Waals surface area contributed by atoms with Crippen LogP contribution in [0.4, 0.5) is 13.2 Å². The Morgan fingerprint density at radius 2 is 2.04 bits per heavy atom. The monoisotopic (exact) mass is 353 g/mol. The zero-order valence-corrected chi connectivity index (χ0v) is 13.6. The maximum absolute atomic E-state index is 13.2. The van der Waals surface area contributed by atoms with Crippen LogP contribution in [0, 0.1) is 0 Å². The number of hydrogen-bond acceptors (Lipinski definition) is 3. The minimum absolute atomic E-state index is 0.220. The van der Waals surface area contributed by atoms with Crippen LogP contribution in [0.2, 0.25) is 0 Å². The van der Waals surface area contributed by atoms with E-state index in [1.807, 2.05) is 16.8 Å². The van der Waals surface area contributed by atoms with Gasteiger partial charge in [0, 0.05) is 13.6 Å². The van der Waals surface area contributed by atoms with Crippen molar-refractivity contribution in [1.29, 1.82) is 0 Å². The number of nitrogens with zero attached hydrogens (tertiary/aromatic N) is 3. The summed E-state index contributed by atoms with van der Waals surface area (Å²) in [4.78, 5) is 17.4. The topological polar surface area (TPSA) is 38.1 Å². The number of halogens is 3. The van der Waals surface area contributed by atoms with Gasteiger partial charge >= 0.3 is 6.18 Å². The van der Waals surface area contributed by atoms with Crippen LogP contribution >= 0.6 is 11.3 Å². The molecule has 1 amide bonds. The van der Waals surface area contributed by atoms with E-state index >= 15 is 0 Å². The smallest absolute Gasteiger partial charge is 0.340 e. The Hall–Kier alpha value is -2.35. The van der Waals surface area contributed by atoms with E-state index in [1.165, 1.54) is 28.4 Å². The molecule has 0 spiro atoms. The van der Waals surface area contributed by atoms with Crippen molar-refractivity contribution in [1.82, 2.24) is 14.5 Å². The van der Waals surface area contributed by atoms with Crippen LogP contribution in [0.5, 0.6) is 0 Å². The number of para-hydroxylation sites is 2. The van der Waals surface area contributed by atoms with E-state index in [9.17, 15) is 18.0 Å². The second kappa shape index (κ2) is 6.27. The number of fused-ring (bicyclic) bond motifs is 1. The van der Waals surface area contributed by atoms with Gasteiger partial charge in [-0.25, -0.2) is 4.98 Å². The van der Waals surface area contributed by atoms with Gasteiger partial charge in [0.25, 0.3) is 0 Å². The van der Waals surface area contributed by atoms with Crippen molar-refractivity contribution >= 4 is 28.3 Å². The summed E-state index contributed by atoms with van der Waals surface area (Å²) < 4.78 is 40.6. The summed E-state index contributed by atoms with van der Waals surface area (Å²) in [5.74, 6) is -1.46. The van der Waals surface area contributed by atoms with Crippen LogP contribution in [0.3, 0.4) is 0 Å². The van der Waals surface area contributed by atoms with Gasteiger partial charge in [-0.3, -0.25) is 4.79 Å². The lowest BCUT2D eigenvalue weighted by molar-refractivity contribution is -0.148. The van der Waals surface area contributed by atoms with E-state index in [2.05, 4.69) is 4.98 Å². The average Bonchev–Trinajstić information content (AvgIpc) is 3.15. The predicted molar refractivity (Wildman–Crippen MR) is 85.5 cm³/mol. The van der Waals surface area contributed by atoms with Crippen molar-refractivity contribution in [3.8, 4) is 0 Å². The van der Waals surface area contributed by atoms with Crippen LogP contribution in [-0.2, 0) is 24.1 Å². The number of rotatable bonds is 4. The SMILES string of the molecule is CN(Cc1ccsc1)C(=O)Cn1c(C(F)(F)F)nc2ccccc21. The highest BCUT2D eigenvalue weighted by molar-refractivity contribution is 7.07. The summed E-state index contributed by atoms with van der Waals surface area (Å²) in [6.45, 7) is -0.0493. The summed E-state index contributed by atoms with van der Waals surface area (Å²) in [5, 5.41) is 3.79. The van der Waals surface area contributed by atoms with Gasteiger partial charge in [0.15, 0.2) is 0 Å². The van der Waals surface area contributed by atoms with Gasteiger partial charge < -0.3 is 9.47 Å². The molecule has 0 saturated carbocycles. The lowest BCUT2D eigenvalue weighted by atomic mass is 10.3. The number of carbonyl (C=O) groups is 1. The Morgan fingerprint density at radius 3 is 2.71 bits per heavy atom. The maximum atomic E-state index is 13.2. The third-order valence-electron chi connectivity index (χ3n) is 3.63. The number of imidazole rings is 1. The fourth-order valence-electron chi connectivity index (χ4n) is 2.45. The average molecular weight is 353 g/mol. The fraction of sp³-hybridized carbons (Fsp3) is 0.250. The Labute approximate surface area is 140 Å². The molecule has 4 nitrogen and oxygen atoms in total. The summed E-state index contributed by atoms with van der Waals surface area (Å²) in [5.41, 5.74) is 1.46. The molecule has 3 rings (SSSR count). The number of thiophene rings is 1. The van der Waals surface area contributed by atoms with Gasteiger partial charge in [0.2, 0.25) is 11.7 Å². The molecule has 0 radical (unpaired) electrons. The molecule has 0 saturated heterocycles.